The quantitative estimate of drug-likeness (QED) is 0.634. The van der Waals surface area contributed by atoms with Crippen LogP contribution in [0.25, 0.3) is 0 Å². The summed E-state index contributed by atoms with van der Waals surface area (Å²) in [5, 5.41) is 6.76. The van der Waals surface area contributed by atoms with Crippen LogP contribution in [0.3, 0.4) is 0 Å². The molecule has 1 aromatic rings. The van der Waals surface area contributed by atoms with Crippen molar-refractivity contribution in [2.24, 2.45) is 0 Å². The first kappa shape index (κ1) is 22.4. The monoisotopic (exact) mass is 430 g/mol. The fourth-order valence-electron chi connectivity index (χ4n) is 3.32. The number of hydrogen-bond donors (Lipinski definition) is 2. The summed E-state index contributed by atoms with van der Waals surface area (Å²) in [7, 11) is 0. The molecule has 0 radical (unpaired) electrons. The number of carbonyl (C=O) groups is 2. The van der Waals surface area contributed by atoms with E-state index in [0.29, 0.717) is 17.0 Å². The molecule has 0 heterocycles. The van der Waals surface area contributed by atoms with Gasteiger partial charge in [0.05, 0.1) is 10.6 Å². The Morgan fingerprint density at radius 1 is 1.15 bits per heavy atom. The first-order valence-corrected chi connectivity index (χ1v) is 11.7. The van der Waals surface area contributed by atoms with Gasteiger partial charge in [-0.1, -0.05) is 55.3 Å². The molecule has 1 aromatic carbocycles. The Morgan fingerprint density at radius 3 is 2.44 bits per heavy atom. The number of carbonyl (C=O) groups excluding carboxylic acids is 2. The van der Waals surface area contributed by atoms with Crippen molar-refractivity contribution in [3.8, 4) is 0 Å². The van der Waals surface area contributed by atoms with Gasteiger partial charge in [-0.15, -0.1) is 0 Å². The van der Waals surface area contributed by atoms with Crippen molar-refractivity contribution in [1.29, 1.82) is 0 Å². The average molecular weight is 431 g/mol. The number of amides is 2. The fourth-order valence-corrected chi connectivity index (χ4v) is 4.28. The smallest absolute Gasteiger partial charge is 0.253 e. The summed E-state index contributed by atoms with van der Waals surface area (Å²) in [6, 6.07) is 4.36. The number of thioether (sulfide) groups is 1. The lowest BCUT2D eigenvalue weighted by Crippen LogP contribution is -2.50. The van der Waals surface area contributed by atoms with Gasteiger partial charge in [0.25, 0.3) is 5.91 Å². The second-order valence-corrected chi connectivity index (χ2v) is 8.81. The third-order valence-corrected chi connectivity index (χ3v) is 6.05. The maximum absolute atomic E-state index is 12.8. The van der Waals surface area contributed by atoms with Gasteiger partial charge in [0.2, 0.25) is 5.91 Å². The fraction of sp³-hybridized carbons (Fsp3) is 0.600. The van der Waals surface area contributed by atoms with E-state index in [2.05, 4.69) is 10.6 Å². The van der Waals surface area contributed by atoms with Crippen molar-refractivity contribution >= 4 is 46.8 Å². The zero-order valence-electron chi connectivity index (χ0n) is 15.7. The molecule has 0 aliphatic heterocycles. The molecule has 2 amide bonds. The molecular weight excluding hydrogens is 403 g/mol. The summed E-state index contributed by atoms with van der Waals surface area (Å²) in [5.41, 5.74) is 0.328. The minimum Gasteiger partial charge on any atom is -0.352 e. The lowest BCUT2D eigenvalue weighted by molar-refractivity contribution is -0.123. The van der Waals surface area contributed by atoms with E-state index < -0.39 is 6.04 Å². The van der Waals surface area contributed by atoms with E-state index in [0.717, 1.165) is 31.4 Å². The third kappa shape index (κ3) is 7.55. The van der Waals surface area contributed by atoms with Gasteiger partial charge >= 0.3 is 0 Å². The minimum atomic E-state index is -0.567. The van der Waals surface area contributed by atoms with E-state index in [9.17, 15) is 9.59 Å². The van der Waals surface area contributed by atoms with Crippen LogP contribution in [-0.4, -0.2) is 35.9 Å². The Bertz CT molecular complexity index is 634. The number of rotatable bonds is 7. The molecule has 0 saturated heterocycles. The summed E-state index contributed by atoms with van der Waals surface area (Å²) in [6.45, 7) is 0. The molecule has 1 aliphatic carbocycles. The van der Waals surface area contributed by atoms with E-state index in [4.69, 9.17) is 23.2 Å². The Balaban J connectivity index is 2.01. The van der Waals surface area contributed by atoms with Gasteiger partial charge in [0.15, 0.2) is 0 Å². The summed E-state index contributed by atoms with van der Waals surface area (Å²) >= 11 is 13.7. The van der Waals surface area contributed by atoms with Crippen molar-refractivity contribution in [3.05, 3.63) is 33.8 Å². The highest BCUT2D eigenvalue weighted by molar-refractivity contribution is 7.98. The molecule has 0 bridgehead atoms. The van der Waals surface area contributed by atoms with Gasteiger partial charge in [-0.3, -0.25) is 9.59 Å². The third-order valence-electron chi connectivity index (χ3n) is 4.86. The molecule has 27 heavy (non-hydrogen) atoms. The SMILES string of the molecule is CSCCC(NC(=O)c1ccc(Cl)cc1Cl)C(=O)NC1CCCCCCC1. The van der Waals surface area contributed by atoms with Crippen LogP contribution in [0.5, 0.6) is 0 Å². The second kappa shape index (κ2) is 11.8. The molecular formula is C20H28Cl2N2O2S. The lowest BCUT2D eigenvalue weighted by atomic mass is 9.96. The van der Waals surface area contributed by atoms with Crippen molar-refractivity contribution in [2.45, 2.75) is 63.5 Å². The topological polar surface area (TPSA) is 58.2 Å². The molecule has 1 aliphatic rings. The molecule has 2 rings (SSSR count). The van der Waals surface area contributed by atoms with Crippen LogP contribution >= 0.6 is 35.0 Å². The molecule has 0 spiro atoms. The van der Waals surface area contributed by atoms with Crippen LogP contribution in [0.4, 0.5) is 0 Å². The molecule has 1 saturated carbocycles. The first-order valence-electron chi connectivity index (χ1n) is 9.56. The van der Waals surface area contributed by atoms with Gasteiger partial charge in [0.1, 0.15) is 6.04 Å². The normalized spacial score (nSPS) is 16.9. The highest BCUT2D eigenvalue weighted by Gasteiger charge is 2.24. The van der Waals surface area contributed by atoms with Crippen molar-refractivity contribution < 1.29 is 9.59 Å². The van der Waals surface area contributed by atoms with Gasteiger partial charge < -0.3 is 10.6 Å². The van der Waals surface area contributed by atoms with Crippen LogP contribution in [0, 0.1) is 0 Å². The van der Waals surface area contributed by atoms with Crippen LogP contribution in [-0.2, 0) is 4.79 Å². The van der Waals surface area contributed by atoms with Gasteiger partial charge in [-0.05, 0) is 49.5 Å². The van der Waals surface area contributed by atoms with Gasteiger partial charge in [0, 0.05) is 11.1 Å². The highest BCUT2D eigenvalue weighted by atomic mass is 35.5. The van der Waals surface area contributed by atoms with E-state index in [1.165, 1.54) is 25.3 Å². The largest absolute Gasteiger partial charge is 0.352 e. The second-order valence-electron chi connectivity index (χ2n) is 6.98. The molecule has 4 nitrogen and oxygen atoms in total. The number of benzene rings is 1. The van der Waals surface area contributed by atoms with Crippen LogP contribution in [0.15, 0.2) is 18.2 Å². The number of hydrogen-bond acceptors (Lipinski definition) is 3. The summed E-state index contributed by atoms with van der Waals surface area (Å²) in [5.74, 6) is 0.334. The zero-order chi connectivity index (χ0) is 19.6. The predicted octanol–water partition coefficient (Wildman–Crippen LogP) is 5.07. The number of halogens is 2. The number of nitrogens with one attached hydrogen (secondary N) is 2. The zero-order valence-corrected chi connectivity index (χ0v) is 18.1. The Hall–Kier alpha value is -0.910. The Kier molecular flexibility index (Phi) is 9.80. The Labute approximate surface area is 176 Å². The standard InChI is InChI=1S/C20H28Cl2N2O2S/c1-27-12-11-18(20(26)23-15-7-5-3-2-4-6-8-15)24-19(25)16-10-9-14(21)13-17(16)22/h9-10,13,15,18H,2-8,11-12H2,1H3,(H,23,26)(H,24,25). The van der Waals surface area contributed by atoms with Crippen molar-refractivity contribution in [1.82, 2.24) is 10.6 Å². The summed E-state index contributed by atoms with van der Waals surface area (Å²) < 4.78 is 0. The lowest BCUT2D eigenvalue weighted by Gasteiger charge is -2.25. The molecule has 1 fully saturated rings. The molecule has 2 N–H and O–H groups in total. The molecule has 1 atom stereocenters. The summed E-state index contributed by atoms with van der Waals surface area (Å²) in [4.78, 5) is 25.5. The van der Waals surface area contributed by atoms with Gasteiger partial charge in [-0.2, -0.15) is 11.8 Å². The molecule has 7 heteroatoms. The van der Waals surface area contributed by atoms with E-state index in [1.54, 1.807) is 23.9 Å². The Morgan fingerprint density at radius 2 is 1.81 bits per heavy atom. The van der Waals surface area contributed by atoms with Crippen molar-refractivity contribution in [3.63, 3.8) is 0 Å². The average Bonchev–Trinajstić information content (AvgIpc) is 2.60. The molecule has 1 unspecified atom stereocenters. The van der Waals surface area contributed by atoms with E-state index in [-0.39, 0.29) is 22.9 Å². The van der Waals surface area contributed by atoms with Crippen molar-refractivity contribution in [2.75, 3.05) is 12.0 Å². The molecule has 150 valence electrons. The van der Waals surface area contributed by atoms with E-state index >= 15 is 0 Å². The molecule has 0 aromatic heterocycles. The summed E-state index contributed by atoms with van der Waals surface area (Å²) in [6.07, 6.45) is 10.6. The predicted molar refractivity (Wildman–Crippen MR) is 115 cm³/mol. The van der Waals surface area contributed by atoms with Crippen LogP contribution in [0.2, 0.25) is 10.0 Å². The van der Waals surface area contributed by atoms with Gasteiger partial charge in [-0.25, -0.2) is 0 Å². The van der Waals surface area contributed by atoms with Crippen LogP contribution in [0.1, 0.15) is 61.7 Å². The minimum absolute atomic E-state index is 0.104. The highest BCUT2D eigenvalue weighted by Crippen LogP contribution is 2.21. The van der Waals surface area contributed by atoms with E-state index in [1.807, 2.05) is 6.26 Å². The maximum Gasteiger partial charge on any atom is 0.253 e. The van der Waals surface area contributed by atoms with Crippen LogP contribution < -0.4 is 10.6 Å². The first-order chi connectivity index (χ1) is 13.0. The maximum atomic E-state index is 12.8.